The Balaban J connectivity index is 1.51. The summed E-state index contributed by atoms with van der Waals surface area (Å²) in [6.45, 7) is 2.12. The molecule has 0 amide bonds. The monoisotopic (exact) mass is 378 g/mol. The number of ether oxygens (including phenoxy) is 3. The van der Waals surface area contributed by atoms with Crippen LogP contribution in [0.4, 0.5) is 0 Å². The minimum atomic E-state index is 0.457. The summed E-state index contributed by atoms with van der Waals surface area (Å²) in [5, 5.41) is 3.48. The van der Waals surface area contributed by atoms with E-state index < -0.39 is 0 Å². The first kappa shape index (κ1) is 19.7. The summed E-state index contributed by atoms with van der Waals surface area (Å²) in [5.74, 6) is 2.35. The Morgan fingerprint density at radius 2 is 1.68 bits per heavy atom. The number of nitrogens with zero attached hydrogens (tertiary/aromatic N) is 1. The third kappa shape index (κ3) is 5.72. The van der Waals surface area contributed by atoms with Crippen LogP contribution in [0.1, 0.15) is 16.7 Å². The van der Waals surface area contributed by atoms with Gasteiger partial charge in [-0.05, 0) is 54.4 Å². The predicted molar refractivity (Wildman–Crippen MR) is 110 cm³/mol. The lowest BCUT2D eigenvalue weighted by molar-refractivity contribution is 0.284. The lowest BCUT2D eigenvalue weighted by Crippen LogP contribution is -2.16. The van der Waals surface area contributed by atoms with Crippen LogP contribution in [0.15, 0.2) is 67.0 Å². The Kier molecular flexibility index (Phi) is 7.27. The maximum Gasteiger partial charge on any atom is 0.161 e. The molecule has 5 heteroatoms. The number of rotatable bonds is 10. The third-order valence-corrected chi connectivity index (χ3v) is 4.42. The molecule has 3 rings (SSSR count). The fourth-order valence-corrected chi connectivity index (χ4v) is 2.85. The molecule has 0 aliphatic rings. The second-order valence-electron chi connectivity index (χ2n) is 6.41. The Morgan fingerprint density at radius 3 is 2.39 bits per heavy atom. The smallest absolute Gasteiger partial charge is 0.161 e. The molecule has 2 aromatic carbocycles. The molecule has 0 aliphatic carbocycles. The largest absolute Gasteiger partial charge is 0.497 e. The molecule has 3 aromatic rings. The van der Waals surface area contributed by atoms with Gasteiger partial charge in [-0.3, -0.25) is 4.98 Å². The zero-order valence-electron chi connectivity index (χ0n) is 16.4. The van der Waals surface area contributed by atoms with Gasteiger partial charge >= 0.3 is 0 Å². The van der Waals surface area contributed by atoms with E-state index in [1.165, 1.54) is 5.56 Å². The van der Waals surface area contributed by atoms with Crippen molar-refractivity contribution in [1.82, 2.24) is 10.3 Å². The van der Waals surface area contributed by atoms with E-state index in [-0.39, 0.29) is 0 Å². The van der Waals surface area contributed by atoms with Gasteiger partial charge in [-0.2, -0.15) is 0 Å². The average Bonchev–Trinajstić information content (AvgIpc) is 2.76. The zero-order valence-corrected chi connectivity index (χ0v) is 16.4. The molecule has 0 spiro atoms. The highest BCUT2D eigenvalue weighted by atomic mass is 16.5. The summed E-state index contributed by atoms with van der Waals surface area (Å²) in [6.07, 6.45) is 4.52. The van der Waals surface area contributed by atoms with Gasteiger partial charge in [0.05, 0.1) is 14.2 Å². The van der Waals surface area contributed by atoms with Crippen molar-refractivity contribution in [3.8, 4) is 17.2 Å². The number of hydrogen-bond acceptors (Lipinski definition) is 5. The number of benzene rings is 2. The minimum absolute atomic E-state index is 0.457. The third-order valence-electron chi connectivity index (χ3n) is 4.42. The number of hydrogen-bond donors (Lipinski definition) is 1. The SMILES string of the molecule is COc1ccc(CCNCc2ccc(OC)c(OCc3cccnc3)c2)cc1. The van der Waals surface area contributed by atoms with Gasteiger partial charge in [0.25, 0.3) is 0 Å². The van der Waals surface area contributed by atoms with Crippen molar-refractivity contribution in [3.05, 3.63) is 83.7 Å². The summed E-state index contributed by atoms with van der Waals surface area (Å²) in [7, 11) is 3.33. The van der Waals surface area contributed by atoms with Gasteiger partial charge in [-0.25, -0.2) is 0 Å². The van der Waals surface area contributed by atoms with E-state index in [0.29, 0.717) is 6.61 Å². The summed E-state index contributed by atoms with van der Waals surface area (Å²) in [6, 6.07) is 18.1. The maximum atomic E-state index is 5.95. The van der Waals surface area contributed by atoms with Crippen LogP contribution in [0, 0.1) is 0 Å². The predicted octanol–water partition coefficient (Wildman–Crippen LogP) is 4.01. The van der Waals surface area contributed by atoms with Gasteiger partial charge in [0.2, 0.25) is 0 Å². The van der Waals surface area contributed by atoms with Crippen LogP contribution in [0.25, 0.3) is 0 Å². The van der Waals surface area contributed by atoms with E-state index in [2.05, 4.69) is 28.5 Å². The Labute approximate surface area is 166 Å². The van der Waals surface area contributed by atoms with E-state index in [0.717, 1.165) is 47.9 Å². The van der Waals surface area contributed by atoms with Gasteiger partial charge in [-0.1, -0.05) is 24.3 Å². The molecule has 0 aliphatic heterocycles. The number of methoxy groups -OCH3 is 2. The summed E-state index contributed by atoms with van der Waals surface area (Å²) >= 11 is 0. The standard InChI is InChI=1S/C23H26N2O3/c1-26-21-8-5-18(6-9-21)11-13-25-15-19-7-10-22(27-2)23(14-19)28-17-20-4-3-12-24-16-20/h3-10,12,14,16,25H,11,13,15,17H2,1-2H3. The molecule has 0 bridgehead atoms. The highest BCUT2D eigenvalue weighted by Gasteiger charge is 2.07. The summed E-state index contributed by atoms with van der Waals surface area (Å²) in [4.78, 5) is 4.11. The maximum absolute atomic E-state index is 5.95. The van der Waals surface area contributed by atoms with E-state index >= 15 is 0 Å². The lowest BCUT2D eigenvalue weighted by atomic mass is 10.1. The normalized spacial score (nSPS) is 10.5. The van der Waals surface area contributed by atoms with Crippen LogP contribution in [-0.4, -0.2) is 25.7 Å². The van der Waals surface area contributed by atoms with E-state index in [1.54, 1.807) is 26.6 Å². The van der Waals surface area contributed by atoms with Gasteiger partial charge in [0.15, 0.2) is 11.5 Å². The van der Waals surface area contributed by atoms with Crippen LogP contribution in [0.3, 0.4) is 0 Å². The van der Waals surface area contributed by atoms with Crippen LogP contribution < -0.4 is 19.5 Å². The van der Waals surface area contributed by atoms with Gasteiger partial charge < -0.3 is 19.5 Å². The quantitative estimate of drug-likeness (QED) is 0.540. The van der Waals surface area contributed by atoms with Crippen molar-refractivity contribution < 1.29 is 14.2 Å². The zero-order chi connectivity index (χ0) is 19.6. The van der Waals surface area contributed by atoms with Crippen LogP contribution >= 0.6 is 0 Å². The van der Waals surface area contributed by atoms with E-state index in [1.807, 2.05) is 36.4 Å². The van der Waals surface area contributed by atoms with Crippen LogP contribution in [0.2, 0.25) is 0 Å². The molecule has 28 heavy (non-hydrogen) atoms. The van der Waals surface area contributed by atoms with Crippen molar-refractivity contribution >= 4 is 0 Å². The van der Waals surface area contributed by atoms with Gasteiger partial charge in [0.1, 0.15) is 12.4 Å². The van der Waals surface area contributed by atoms with Gasteiger partial charge in [0, 0.05) is 24.5 Å². The summed E-state index contributed by atoms with van der Waals surface area (Å²) in [5.41, 5.74) is 3.45. The molecule has 1 aromatic heterocycles. The lowest BCUT2D eigenvalue weighted by Gasteiger charge is -2.13. The average molecular weight is 378 g/mol. The number of aromatic nitrogens is 1. The van der Waals surface area contributed by atoms with Gasteiger partial charge in [-0.15, -0.1) is 0 Å². The van der Waals surface area contributed by atoms with E-state index in [4.69, 9.17) is 14.2 Å². The molecule has 146 valence electrons. The highest BCUT2D eigenvalue weighted by Crippen LogP contribution is 2.28. The Hall–Kier alpha value is -3.05. The fourth-order valence-electron chi connectivity index (χ4n) is 2.85. The molecule has 0 saturated heterocycles. The molecule has 0 unspecified atom stereocenters. The second-order valence-corrected chi connectivity index (χ2v) is 6.41. The van der Waals surface area contributed by atoms with E-state index in [9.17, 15) is 0 Å². The topological polar surface area (TPSA) is 52.6 Å². The van der Waals surface area contributed by atoms with Crippen molar-refractivity contribution in [2.24, 2.45) is 0 Å². The summed E-state index contributed by atoms with van der Waals surface area (Å²) < 4.78 is 16.6. The molecule has 1 N–H and O–H groups in total. The van der Waals surface area contributed by atoms with Crippen molar-refractivity contribution in [2.75, 3.05) is 20.8 Å². The molecule has 0 radical (unpaired) electrons. The molecule has 1 heterocycles. The molecular weight excluding hydrogens is 352 g/mol. The second kappa shape index (κ2) is 10.3. The Morgan fingerprint density at radius 1 is 0.857 bits per heavy atom. The van der Waals surface area contributed by atoms with Crippen molar-refractivity contribution in [1.29, 1.82) is 0 Å². The fraction of sp³-hybridized carbons (Fsp3) is 0.261. The number of nitrogens with one attached hydrogen (secondary N) is 1. The highest BCUT2D eigenvalue weighted by molar-refractivity contribution is 5.43. The molecule has 0 atom stereocenters. The molecule has 0 fully saturated rings. The van der Waals surface area contributed by atoms with Crippen LogP contribution in [0.5, 0.6) is 17.2 Å². The molecule has 5 nitrogen and oxygen atoms in total. The molecular formula is C23H26N2O3. The molecule has 0 saturated carbocycles. The van der Waals surface area contributed by atoms with Crippen molar-refractivity contribution in [3.63, 3.8) is 0 Å². The first-order chi connectivity index (χ1) is 13.8. The first-order valence-electron chi connectivity index (χ1n) is 9.31. The van der Waals surface area contributed by atoms with Crippen molar-refractivity contribution in [2.45, 2.75) is 19.6 Å². The first-order valence-corrected chi connectivity index (χ1v) is 9.31. The Bertz CT molecular complexity index is 851. The van der Waals surface area contributed by atoms with Crippen LogP contribution in [-0.2, 0) is 19.6 Å². The number of pyridine rings is 1. The minimum Gasteiger partial charge on any atom is -0.497 e.